The van der Waals surface area contributed by atoms with E-state index in [-0.39, 0.29) is 6.04 Å². The van der Waals surface area contributed by atoms with Crippen molar-refractivity contribution in [1.29, 1.82) is 0 Å². The van der Waals surface area contributed by atoms with Crippen LogP contribution >= 0.6 is 11.3 Å². The summed E-state index contributed by atoms with van der Waals surface area (Å²) in [5.74, 6) is 0. The first-order valence-corrected chi connectivity index (χ1v) is 11.7. The number of hydrogen-bond acceptors (Lipinski definition) is 6. The molecule has 2 N–H and O–H groups in total. The minimum atomic E-state index is -3.40. The largest absolute Gasteiger partial charge is 0.296 e. The van der Waals surface area contributed by atoms with E-state index >= 15 is 0 Å². The van der Waals surface area contributed by atoms with Gasteiger partial charge in [-0.15, -0.1) is 11.3 Å². The third-order valence-electron chi connectivity index (χ3n) is 5.21. The van der Waals surface area contributed by atoms with Crippen molar-refractivity contribution in [3.63, 3.8) is 0 Å². The average Bonchev–Trinajstić information content (AvgIpc) is 3.32. The van der Waals surface area contributed by atoms with Crippen molar-refractivity contribution in [3.05, 3.63) is 52.9 Å². The van der Waals surface area contributed by atoms with Crippen LogP contribution in [0.4, 0.5) is 0 Å². The highest BCUT2D eigenvalue weighted by Gasteiger charge is 2.31. The molecular formula is C19H26N4O2S2. The van der Waals surface area contributed by atoms with Crippen LogP contribution < -0.4 is 10.9 Å². The van der Waals surface area contributed by atoms with Crippen molar-refractivity contribution < 1.29 is 8.42 Å². The van der Waals surface area contributed by atoms with Crippen LogP contribution in [0.25, 0.3) is 0 Å². The van der Waals surface area contributed by atoms with E-state index in [1.807, 2.05) is 24.3 Å². The maximum Gasteiger partial charge on any atom is 0.252 e. The van der Waals surface area contributed by atoms with E-state index in [0.29, 0.717) is 23.3 Å². The van der Waals surface area contributed by atoms with Gasteiger partial charge in [0.1, 0.15) is 4.21 Å². The lowest BCUT2D eigenvalue weighted by molar-refractivity contribution is 0.182. The van der Waals surface area contributed by atoms with Gasteiger partial charge in [0.15, 0.2) is 0 Å². The summed E-state index contributed by atoms with van der Waals surface area (Å²) in [5, 5.41) is 0. The number of hydrogen-bond donors (Lipinski definition) is 2. The van der Waals surface area contributed by atoms with E-state index in [1.165, 1.54) is 16.9 Å². The quantitative estimate of drug-likeness (QED) is 0.797. The number of nitrogens with zero attached hydrogens (tertiary/aromatic N) is 2. The Bertz CT molecular complexity index is 861. The second kappa shape index (κ2) is 7.98. The highest BCUT2D eigenvalue weighted by Crippen LogP contribution is 2.32. The number of rotatable bonds is 5. The highest BCUT2D eigenvalue weighted by atomic mass is 32.2. The van der Waals surface area contributed by atoms with Crippen LogP contribution in [0.5, 0.6) is 0 Å². The summed E-state index contributed by atoms with van der Waals surface area (Å²) < 4.78 is 28.1. The van der Waals surface area contributed by atoms with E-state index in [2.05, 4.69) is 34.8 Å². The third-order valence-corrected chi connectivity index (χ3v) is 8.78. The lowest BCUT2D eigenvalue weighted by atomic mass is 10.1. The molecule has 2 aliphatic heterocycles. The molecule has 2 saturated heterocycles. The summed E-state index contributed by atoms with van der Waals surface area (Å²) in [6.45, 7) is 5.60. The van der Waals surface area contributed by atoms with Gasteiger partial charge >= 0.3 is 0 Å². The normalized spacial score (nSPS) is 25.1. The lowest BCUT2D eigenvalue weighted by Gasteiger charge is -2.33. The molecule has 0 aliphatic carbocycles. The molecule has 1 aromatic heterocycles. The van der Waals surface area contributed by atoms with Crippen LogP contribution in [0.2, 0.25) is 0 Å². The highest BCUT2D eigenvalue weighted by molar-refractivity contribution is 7.91. The fourth-order valence-corrected chi connectivity index (χ4v) is 6.63. The van der Waals surface area contributed by atoms with Crippen LogP contribution in [0.1, 0.15) is 29.8 Å². The molecule has 2 aliphatic rings. The molecule has 0 spiro atoms. The van der Waals surface area contributed by atoms with Gasteiger partial charge in [-0.2, -0.15) is 4.31 Å². The molecule has 4 rings (SSSR count). The Morgan fingerprint density at radius 3 is 2.44 bits per heavy atom. The van der Waals surface area contributed by atoms with E-state index < -0.39 is 10.0 Å². The van der Waals surface area contributed by atoms with Crippen molar-refractivity contribution in [2.45, 2.75) is 36.2 Å². The van der Waals surface area contributed by atoms with Crippen LogP contribution in [-0.2, 0) is 16.6 Å². The Morgan fingerprint density at radius 2 is 1.78 bits per heavy atom. The van der Waals surface area contributed by atoms with E-state index in [9.17, 15) is 8.42 Å². The smallest absolute Gasteiger partial charge is 0.252 e. The van der Waals surface area contributed by atoms with Gasteiger partial charge in [-0.25, -0.2) is 13.8 Å². The number of nitrogens with one attached hydrogen (secondary N) is 2. The van der Waals surface area contributed by atoms with E-state index in [1.54, 1.807) is 10.4 Å². The molecule has 2 aromatic rings. The third kappa shape index (κ3) is 4.26. The molecule has 0 bridgehead atoms. The van der Waals surface area contributed by atoms with Crippen LogP contribution in [-0.4, -0.2) is 49.8 Å². The zero-order valence-corrected chi connectivity index (χ0v) is 17.1. The van der Waals surface area contributed by atoms with Gasteiger partial charge in [-0.3, -0.25) is 10.3 Å². The first kappa shape index (κ1) is 19.0. The van der Waals surface area contributed by atoms with Crippen molar-refractivity contribution >= 4 is 21.4 Å². The monoisotopic (exact) mass is 406 g/mol. The Morgan fingerprint density at radius 1 is 1.04 bits per heavy atom. The first-order chi connectivity index (χ1) is 13.0. The molecule has 0 radical (unpaired) electrons. The summed E-state index contributed by atoms with van der Waals surface area (Å²) >= 11 is 1.39. The van der Waals surface area contributed by atoms with Gasteiger partial charge < -0.3 is 0 Å². The maximum atomic E-state index is 13.0. The molecule has 3 heterocycles. The molecule has 2 atom stereocenters. The second-order valence-corrected chi connectivity index (χ2v) is 10.6. The van der Waals surface area contributed by atoms with Crippen LogP contribution in [0.15, 0.2) is 46.7 Å². The summed E-state index contributed by atoms with van der Waals surface area (Å²) in [6, 6.07) is 14.6. The molecule has 2 unspecified atom stereocenters. The SMILES string of the molecule is CC1CC(c2ccc(S(=O)(=O)N3CCN(Cc4ccccc4)CC3)s2)NN1. The van der Waals surface area contributed by atoms with Crippen molar-refractivity contribution in [2.24, 2.45) is 0 Å². The van der Waals surface area contributed by atoms with Crippen molar-refractivity contribution in [2.75, 3.05) is 26.2 Å². The molecule has 146 valence electrons. The van der Waals surface area contributed by atoms with Gasteiger partial charge in [-0.1, -0.05) is 30.3 Å². The van der Waals surface area contributed by atoms with Gasteiger partial charge in [0, 0.05) is 43.6 Å². The van der Waals surface area contributed by atoms with Crippen LogP contribution in [0.3, 0.4) is 0 Å². The molecule has 27 heavy (non-hydrogen) atoms. The maximum absolute atomic E-state index is 13.0. The van der Waals surface area contributed by atoms with E-state index in [0.717, 1.165) is 30.9 Å². The summed E-state index contributed by atoms with van der Waals surface area (Å²) in [7, 11) is -3.40. The standard InChI is InChI=1S/C19H26N4O2S2/c1-15-13-17(21-20-15)18-7-8-19(26-18)27(24,25)23-11-9-22(10-12-23)14-16-5-3-2-4-6-16/h2-8,15,17,20-21H,9-14H2,1H3. The van der Waals surface area contributed by atoms with Gasteiger partial charge in [-0.05, 0) is 31.0 Å². The fraction of sp³-hybridized carbons (Fsp3) is 0.474. The van der Waals surface area contributed by atoms with Gasteiger partial charge in [0.05, 0.1) is 6.04 Å². The van der Waals surface area contributed by atoms with Gasteiger partial charge in [0.2, 0.25) is 0 Å². The molecule has 0 amide bonds. The molecule has 0 saturated carbocycles. The average molecular weight is 407 g/mol. The molecule has 8 heteroatoms. The molecule has 1 aromatic carbocycles. The number of piperazine rings is 1. The zero-order chi connectivity index (χ0) is 18.9. The Kier molecular flexibility index (Phi) is 5.63. The van der Waals surface area contributed by atoms with E-state index in [4.69, 9.17) is 0 Å². The Hall–Kier alpha value is -1.29. The molecule has 6 nitrogen and oxygen atoms in total. The Labute approximate surface area is 165 Å². The first-order valence-electron chi connectivity index (χ1n) is 9.39. The number of hydrazine groups is 1. The van der Waals surface area contributed by atoms with Gasteiger partial charge in [0.25, 0.3) is 10.0 Å². The minimum Gasteiger partial charge on any atom is -0.296 e. The molecule has 2 fully saturated rings. The van der Waals surface area contributed by atoms with Crippen molar-refractivity contribution in [1.82, 2.24) is 20.1 Å². The number of benzene rings is 1. The summed E-state index contributed by atoms with van der Waals surface area (Å²) in [5.41, 5.74) is 7.70. The number of thiophene rings is 1. The minimum absolute atomic E-state index is 0.191. The van der Waals surface area contributed by atoms with Crippen LogP contribution in [0, 0.1) is 0 Å². The fourth-order valence-electron chi connectivity index (χ4n) is 3.66. The topological polar surface area (TPSA) is 64.7 Å². The van der Waals surface area contributed by atoms with Crippen molar-refractivity contribution in [3.8, 4) is 0 Å². The predicted octanol–water partition coefficient (Wildman–Crippen LogP) is 2.18. The molecular weight excluding hydrogens is 380 g/mol. The number of sulfonamides is 1. The Balaban J connectivity index is 1.38. The summed E-state index contributed by atoms with van der Waals surface area (Å²) in [6.07, 6.45) is 0.970. The zero-order valence-electron chi connectivity index (χ0n) is 15.5. The predicted molar refractivity (Wildman–Crippen MR) is 108 cm³/mol. The second-order valence-electron chi connectivity index (χ2n) is 7.30. The lowest BCUT2D eigenvalue weighted by Crippen LogP contribution is -2.48. The summed E-state index contributed by atoms with van der Waals surface area (Å²) in [4.78, 5) is 3.39.